The summed E-state index contributed by atoms with van der Waals surface area (Å²) in [4.78, 5) is 0. The molecule has 0 aromatic rings. The average molecular weight is 620 g/mol. The van der Waals surface area contributed by atoms with Crippen molar-refractivity contribution >= 4 is 68.3 Å². The Labute approximate surface area is 128 Å². The quantitative estimate of drug-likeness (QED) is 0.339. The first-order valence-corrected chi connectivity index (χ1v) is 34.8. The van der Waals surface area contributed by atoms with Crippen LogP contribution in [0.1, 0.15) is 51.4 Å². The van der Waals surface area contributed by atoms with E-state index >= 15 is 0 Å². The Morgan fingerprint density at radius 2 is 0.750 bits per heavy atom. The number of rotatable bonds is 0. The molecule has 0 saturated carbocycles. The van der Waals surface area contributed by atoms with Gasteiger partial charge in [-0.05, 0) is 0 Å². The normalized spacial score (nSPS) is 24.0. The van der Waals surface area contributed by atoms with Crippen LogP contribution in [0.3, 0.4) is 0 Å². The molecular weight excluding hydrogens is 594 g/mol. The van der Waals surface area contributed by atoms with Gasteiger partial charge in [0.2, 0.25) is 0 Å². The Bertz CT molecular complexity index is 211. The minimum atomic E-state index is 0.909. The number of hydrogen-bond donors (Lipinski definition) is 0. The predicted octanol–water partition coefficient (Wildman–Crippen LogP) is 0.151. The summed E-state index contributed by atoms with van der Waals surface area (Å²) in [5, 5.41) is 3.38. The van der Waals surface area contributed by atoms with Crippen molar-refractivity contribution in [3.05, 3.63) is 0 Å². The van der Waals surface area contributed by atoms with Gasteiger partial charge in [0.25, 0.3) is 0 Å². The second kappa shape index (κ2) is 14.5. The molecule has 0 unspecified atom stereocenters. The Morgan fingerprint density at radius 3 is 1.19 bits per heavy atom. The summed E-state index contributed by atoms with van der Waals surface area (Å²) in [5.74, 6) is 0. The van der Waals surface area contributed by atoms with E-state index in [0.717, 1.165) is 68.3 Å². The van der Waals surface area contributed by atoms with Crippen LogP contribution in [0.5, 0.6) is 0 Å². The first-order chi connectivity index (χ1) is 8.00. The van der Waals surface area contributed by atoms with E-state index in [9.17, 15) is 0 Å². The summed E-state index contributed by atoms with van der Waals surface area (Å²) in [6, 6.07) is 0. The molecule has 0 radical (unpaired) electrons. The average Bonchev–Trinajstić information content (AvgIpc) is 2.29. The van der Waals surface area contributed by atoms with Gasteiger partial charge < -0.3 is 0 Å². The van der Waals surface area contributed by atoms with Crippen LogP contribution in [-0.2, 0) is 0 Å². The van der Waals surface area contributed by atoms with Crippen LogP contribution in [0.25, 0.3) is 0 Å². The van der Waals surface area contributed by atoms with E-state index in [4.69, 9.17) is 0 Å². The van der Waals surface area contributed by atoms with Crippen LogP contribution < -0.4 is 0 Å². The topological polar surface area (TPSA) is 0 Å². The molecule has 0 N–H and O–H groups in total. The zero-order chi connectivity index (χ0) is 11.3. The molecule has 1 heterocycles. The van der Waals surface area contributed by atoms with E-state index in [1.54, 1.807) is 62.0 Å². The van der Waals surface area contributed by atoms with Gasteiger partial charge in [-0.1, -0.05) is 0 Å². The van der Waals surface area contributed by atoms with Crippen molar-refractivity contribution in [1.82, 2.24) is 0 Å². The summed E-state index contributed by atoms with van der Waals surface area (Å²) >= 11 is 1.82. The molecule has 102 valence electrons. The second-order valence-electron chi connectivity index (χ2n) is 3.92. The van der Waals surface area contributed by atoms with Gasteiger partial charge in [-0.2, -0.15) is 0 Å². The predicted molar refractivity (Wildman–Crippen MR) is 89.4 cm³/mol. The standard InChI is InChI=1S/C10H26Se6/c1-2-4-6-8-10-12-14-16-15-13-11-9-7-5-3-1/h11-16H,1-10H2. The van der Waals surface area contributed by atoms with Gasteiger partial charge in [-0.25, -0.2) is 0 Å². The molecular formula is C10H26Se6. The molecule has 16 heavy (non-hydrogen) atoms. The Balaban J connectivity index is 2.23. The minimum absolute atomic E-state index is 0.909. The first kappa shape index (κ1) is 17.2. The van der Waals surface area contributed by atoms with Crippen LogP contribution >= 0.6 is 0 Å². The Kier molecular flexibility index (Phi) is 15.6. The van der Waals surface area contributed by atoms with Crippen molar-refractivity contribution in [2.24, 2.45) is 0 Å². The molecule has 1 rings (SSSR count). The monoisotopic (exact) mass is 626 g/mol. The van der Waals surface area contributed by atoms with Gasteiger partial charge in [0, 0.05) is 0 Å². The van der Waals surface area contributed by atoms with E-state index in [2.05, 4.69) is 0 Å². The third-order valence-corrected chi connectivity index (χ3v) is 114. The van der Waals surface area contributed by atoms with E-state index < -0.39 is 0 Å². The molecule has 6 heteroatoms. The second-order valence-corrected chi connectivity index (χ2v) is 63.0. The third-order valence-electron chi connectivity index (χ3n) is 2.51. The molecule has 0 aliphatic carbocycles. The van der Waals surface area contributed by atoms with Gasteiger partial charge >= 0.3 is 130 Å². The fourth-order valence-electron chi connectivity index (χ4n) is 1.61. The van der Waals surface area contributed by atoms with Crippen molar-refractivity contribution in [3.8, 4) is 0 Å². The van der Waals surface area contributed by atoms with Crippen molar-refractivity contribution in [1.29, 1.82) is 0 Å². The van der Waals surface area contributed by atoms with Crippen LogP contribution in [-0.4, -0.2) is 68.3 Å². The van der Waals surface area contributed by atoms with E-state index in [1.165, 1.54) is 0 Å². The van der Waals surface area contributed by atoms with Gasteiger partial charge in [-0.3, -0.25) is 0 Å². The third kappa shape index (κ3) is 12.2. The zero-order valence-corrected chi connectivity index (χ0v) is 21.0. The van der Waals surface area contributed by atoms with Gasteiger partial charge in [0.15, 0.2) is 0 Å². The molecule has 0 nitrogen and oxygen atoms in total. The molecule has 0 saturated heterocycles. The molecule has 0 bridgehead atoms. The maximum atomic E-state index is 1.69. The van der Waals surface area contributed by atoms with Crippen LogP contribution in [0.2, 0.25) is 10.6 Å². The first-order valence-electron chi connectivity index (χ1n) is 6.13. The fourth-order valence-corrected chi connectivity index (χ4v) is 195. The van der Waals surface area contributed by atoms with Gasteiger partial charge in [0.05, 0.1) is 0 Å². The molecule has 1 aliphatic heterocycles. The van der Waals surface area contributed by atoms with Crippen molar-refractivity contribution in [3.63, 3.8) is 0 Å². The van der Waals surface area contributed by atoms with Gasteiger partial charge in [-0.15, -0.1) is 0 Å². The van der Waals surface area contributed by atoms with Crippen molar-refractivity contribution in [2.45, 2.75) is 62.0 Å². The molecule has 0 fully saturated rings. The van der Waals surface area contributed by atoms with E-state index in [-0.39, 0.29) is 0 Å². The van der Waals surface area contributed by atoms with Crippen molar-refractivity contribution in [2.75, 3.05) is 0 Å². The molecule has 0 atom stereocenters. The summed E-state index contributed by atoms with van der Waals surface area (Å²) in [7, 11) is 4.02. The van der Waals surface area contributed by atoms with Crippen LogP contribution in [0.4, 0.5) is 0 Å². The Morgan fingerprint density at radius 1 is 0.375 bits per heavy atom. The van der Waals surface area contributed by atoms with Crippen LogP contribution in [0.15, 0.2) is 0 Å². The zero-order valence-electron chi connectivity index (χ0n) is 9.75. The summed E-state index contributed by atoms with van der Waals surface area (Å²) in [6.07, 6.45) is 12.5. The number of hydrogen-bond acceptors (Lipinski definition) is 0. The van der Waals surface area contributed by atoms with Crippen LogP contribution in [0, 0.1) is 0 Å². The van der Waals surface area contributed by atoms with E-state index in [0.29, 0.717) is 0 Å². The molecule has 0 aromatic carbocycles. The van der Waals surface area contributed by atoms with Crippen molar-refractivity contribution < 1.29 is 0 Å². The molecule has 0 amide bonds. The maximum absolute atomic E-state index is 1.69. The fraction of sp³-hybridized carbons (Fsp3) is 1.00. The summed E-state index contributed by atoms with van der Waals surface area (Å²) in [6.45, 7) is 0. The SMILES string of the molecule is C1CCCCC[SeH]=[SeH][SeH]=[SeH][SeH]=[SeH]CCCC1. The molecule has 1 aliphatic rings. The molecule has 0 aromatic heterocycles. The summed E-state index contributed by atoms with van der Waals surface area (Å²) < 4.78 is 0. The van der Waals surface area contributed by atoms with E-state index in [1.807, 2.05) is 0 Å². The van der Waals surface area contributed by atoms with Gasteiger partial charge in [0.1, 0.15) is 0 Å². The summed E-state index contributed by atoms with van der Waals surface area (Å²) in [5.41, 5.74) is 0. The Hall–Kier alpha value is 3.12. The molecule has 0 spiro atoms.